The van der Waals surface area contributed by atoms with Gasteiger partial charge in [0.25, 0.3) is 0 Å². The molecule has 2 nitrogen and oxygen atoms in total. The summed E-state index contributed by atoms with van der Waals surface area (Å²) < 4.78 is 76.4. The minimum absolute atomic E-state index is 0.172. The lowest BCUT2D eigenvalue weighted by Crippen LogP contribution is -2.41. The molecule has 94 valence electrons. The Bertz CT molecular complexity index is 274. The molecule has 0 saturated carbocycles. The van der Waals surface area contributed by atoms with Crippen LogP contribution in [-0.2, 0) is 9.53 Å². The second-order valence-electron chi connectivity index (χ2n) is 2.88. The van der Waals surface area contributed by atoms with E-state index in [0.29, 0.717) is 0 Å². The molecule has 0 amide bonds. The summed E-state index contributed by atoms with van der Waals surface area (Å²) in [5.74, 6) is -6.44. The third kappa shape index (κ3) is 4.11. The maximum Gasteiger partial charge on any atom is 0.407 e. The van der Waals surface area contributed by atoms with Crippen molar-refractivity contribution in [3.8, 4) is 0 Å². The summed E-state index contributed by atoms with van der Waals surface area (Å²) in [6.07, 6.45) is -11.2. The van der Waals surface area contributed by atoms with E-state index in [4.69, 9.17) is 0 Å². The molecule has 0 N–H and O–H groups in total. The Hall–Kier alpha value is -1.21. The third-order valence-electron chi connectivity index (χ3n) is 1.61. The van der Waals surface area contributed by atoms with Crippen LogP contribution in [0.3, 0.4) is 0 Å². The van der Waals surface area contributed by atoms with Crippen LogP contribution in [0.4, 0.5) is 26.3 Å². The van der Waals surface area contributed by atoms with Crippen LogP contribution in [0.5, 0.6) is 0 Å². The summed E-state index contributed by atoms with van der Waals surface area (Å²) in [6.45, 7) is 1.07. The molecule has 0 unspecified atom stereocenters. The SMILES string of the molecule is CO/C(C)=C/C(=O)C(C(F)(F)F)C(F)(F)F. The van der Waals surface area contributed by atoms with Crippen LogP contribution >= 0.6 is 0 Å². The number of carbonyl (C=O) groups excluding carboxylic acids is 1. The van der Waals surface area contributed by atoms with Crippen LogP contribution < -0.4 is 0 Å². The second-order valence-corrected chi connectivity index (χ2v) is 2.88. The Balaban J connectivity index is 5.17. The predicted octanol–water partition coefficient (Wildman–Crippen LogP) is 2.85. The third-order valence-corrected chi connectivity index (χ3v) is 1.61. The number of ether oxygens (including phenoxy) is 1. The highest BCUT2D eigenvalue weighted by Crippen LogP contribution is 2.40. The molecule has 0 aromatic heterocycles. The summed E-state index contributed by atoms with van der Waals surface area (Å²) in [7, 11) is 1.02. The van der Waals surface area contributed by atoms with E-state index in [-0.39, 0.29) is 11.8 Å². The number of allylic oxidation sites excluding steroid dienone is 2. The lowest BCUT2D eigenvalue weighted by molar-refractivity contribution is -0.271. The van der Waals surface area contributed by atoms with Crippen LogP contribution in [-0.4, -0.2) is 25.2 Å². The molecule has 0 atom stereocenters. The van der Waals surface area contributed by atoms with Crippen LogP contribution in [0, 0.1) is 5.92 Å². The van der Waals surface area contributed by atoms with E-state index in [1.807, 2.05) is 0 Å². The van der Waals surface area contributed by atoms with Crippen molar-refractivity contribution >= 4 is 5.78 Å². The first kappa shape index (κ1) is 14.8. The molecule has 16 heavy (non-hydrogen) atoms. The van der Waals surface area contributed by atoms with Crippen molar-refractivity contribution < 1.29 is 35.9 Å². The normalized spacial score (nSPS) is 14.2. The minimum atomic E-state index is -5.67. The van der Waals surface area contributed by atoms with Gasteiger partial charge in [0.15, 0.2) is 5.78 Å². The Labute approximate surface area is 86.9 Å². The molecule has 0 saturated heterocycles. The topological polar surface area (TPSA) is 26.3 Å². The minimum Gasteiger partial charge on any atom is -0.501 e. The number of ketones is 1. The van der Waals surface area contributed by atoms with Gasteiger partial charge in [-0.3, -0.25) is 4.79 Å². The average Bonchev–Trinajstić information content (AvgIpc) is 1.97. The number of methoxy groups -OCH3 is 1. The van der Waals surface area contributed by atoms with Crippen LogP contribution in [0.25, 0.3) is 0 Å². The van der Waals surface area contributed by atoms with Crippen LogP contribution in [0.1, 0.15) is 6.92 Å². The highest BCUT2D eigenvalue weighted by Gasteiger charge is 2.60. The molecule has 0 aliphatic heterocycles. The van der Waals surface area contributed by atoms with Gasteiger partial charge in [0.1, 0.15) is 0 Å². The highest BCUT2D eigenvalue weighted by atomic mass is 19.4. The summed E-state index contributed by atoms with van der Waals surface area (Å²) in [4.78, 5) is 10.8. The zero-order chi connectivity index (χ0) is 13.1. The van der Waals surface area contributed by atoms with Gasteiger partial charge in [-0.05, 0) is 6.92 Å². The van der Waals surface area contributed by atoms with Crippen molar-refractivity contribution in [3.05, 3.63) is 11.8 Å². The molecule has 8 heteroatoms. The van der Waals surface area contributed by atoms with E-state index in [0.717, 1.165) is 14.0 Å². The summed E-state index contributed by atoms with van der Waals surface area (Å²) in [5.41, 5.74) is 0. The lowest BCUT2D eigenvalue weighted by atomic mass is 10.0. The molecule has 0 aromatic carbocycles. The standard InChI is InChI=1S/C8H8F6O2/c1-4(16-2)3-5(15)6(7(9,10)11)8(12,13)14/h3,6H,1-2H3/b4-3+. The molecule has 0 aromatic rings. The number of rotatable bonds is 3. The average molecular weight is 250 g/mol. The molecular weight excluding hydrogens is 242 g/mol. The maximum atomic E-state index is 12.0. The smallest absolute Gasteiger partial charge is 0.407 e. The lowest BCUT2D eigenvalue weighted by Gasteiger charge is -2.20. The molecule has 0 heterocycles. The first-order valence-electron chi connectivity index (χ1n) is 3.89. The number of alkyl halides is 6. The van der Waals surface area contributed by atoms with Gasteiger partial charge in [-0.15, -0.1) is 0 Å². The fourth-order valence-corrected chi connectivity index (χ4v) is 0.851. The van der Waals surface area contributed by atoms with Gasteiger partial charge in [-0.25, -0.2) is 0 Å². The summed E-state index contributed by atoms with van der Waals surface area (Å²) in [6, 6.07) is 0. The zero-order valence-corrected chi connectivity index (χ0v) is 8.24. The van der Waals surface area contributed by atoms with E-state index in [2.05, 4.69) is 4.74 Å². The Morgan fingerprint density at radius 3 is 1.75 bits per heavy atom. The molecular formula is C8H8F6O2. The van der Waals surface area contributed by atoms with E-state index < -0.39 is 24.1 Å². The quantitative estimate of drug-likeness (QED) is 0.437. The van der Waals surface area contributed by atoms with Crippen molar-refractivity contribution in [1.82, 2.24) is 0 Å². The summed E-state index contributed by atoms with van der Waals surface area (Å²) >= 11 is 0. The fourth-order valence-electron chi connectivity index (χ4n) is 0.851. The largest absolute Gasteiger partial charge is 0.501 e. The Kier molecular flexibility index (Phi) is 4.39. The van der Waals surface area contributed by atoms with Gasteiger partial charge >= 0.3 is 12.4 Å². The Morgan fingerprint density at radius 2 is 1.50 bits per heavy atom. The predicted molar refractivity (Wildman–Crippen MR) is 41.4 cm³/mol. The van der Waals surface area contributed by atoms with Crippen molar-refractivity contribution in [2.75, 3.05) is 7.11 Å². The van der Waals surface area contributed by atoms with Crippen molar-refractivity contribution in [1.29, 1.82) is 0 Å². The molecule has 0 bridgehead atoms. The number of hydrogen-bond acceptors (Lipinski definition) is 2. The maximum absolute atomic E-state index is 12.0. The van der Waals surface area contributed by atoms with Gasteiger partial charge in [0.05, 0.1) is 12.9 Å². The summed E-state index contributed by atoms with van der Waals surface area (Å²) in [5, 5.41) is 0. The first-order valence-corrected chi connectivity index (χ1v) is 3.89. The van der Waals surface area contributed by atoms with E-state index in [1.165, 1.54) is 0 Å². The number of hydrogen-bond donors (Lipinski definition) is 0. The van der Waals surface area contributed by atoms with Crippen molar-refractivity contribution in [3.63, 3.8) is 0 Å². The molecule has 0 aliphatic carbocycles. The van der Waals surface area contributed by atoms with Crippen molar-refractivity contribution in [2.24, 2.45) is 5.92 Å². The second kappa shape index (κ2) is 4.75. The van der Waals surface area contributed by atoms with Gasteiger partial charge in [-0.1, -0.05) is 0 Å². The molecule has 0 rings (SSSR count). The van der Waals surface area contributed by atoms with Gasteiger partial charge in [0, 0.05) is 6.08 Å². The van der Waals surface area contributed by atoms with Crippen molar-refractivity contribution in [2.45, 2.75) is 19.3 Å². The van der Waals surface area contributed by atoms with E-state index in [1.54, 1.807) is 0 Å². The fraction of sp³-hybridized carbons (Fsp3) is 0.625. The monoisotopic (exact) mass is 250 g/mol. The van der Waals surface area contributed by atoms with Crippen LogP contribution in [0.15, 0.2) is 11.8 Å². The van der Waals surface area contributed by atoms with Gasteiger partial charge < -0.3 is 4.74 Å². The van der Waals surface area contributed by atoms with E-state index in [9.17, 15) is 31.1 Å². The Morgan fingerprint density at radius 1 is 1.12 bits per heavy atom. The highest BCUT2D eigenvalue weighted by molar-refractivity contribution is 5.93. The molecule has 0 aliphatic rings. The molecule has 0 spiro atoms. The van der Waals surface area contributed by atoms with E-state index >= 15 is 0 Å². The number of halogens is 6. The first-order chi connectivity index (χ1) is 7.00. The van der Waals surface area contributed by atoms with Gasteiger partial charge in [0.2, 0.25) is 5.92 Å². The number of carbonyl (C=O) groups is 1. The molecule has 0 fully saturated rings. The van der Waals surface area contributed by atoms with Crippen LogP contribution in [0.2, 0.25) is 0 Å². The molecule has 0 radical (unpaired) electrons. The zero-order valence-electron chi connectivity index (χ0n) is 8.24. The van der Waals surface area contributed by atoms with Gasteiger partial charge in [-0.2, -0.15) is 26.3 Å².